The van der Waals surface area contributed by atoms with Crippen LogP contribution in [0, 0.1) is 0 Å². The Bertz CT molecular complexity index is 1420. The molecule has 5 heteroatoms. The van der Waals surface area contributed by atoms with Gasteiger partial charge < -0.3 is 4.98 Å². The van der Waals surface area contributed by atoms with Crippen LogP contribution >= 0.6 is 0 Å². The van der Waals surface area contributed by atoms with Crippen LogP contribution in [0.2, 0.25) is 0 Å². The minimum atomic E-state index is -0.479. The smallest absolute Gasteiger partial charge is 0.251 e. The summed E-state index contributed by atoms with van der Waals surface area (Å²) in [7, 11) is 0. The first kappa shape index (κ1) is 21.8. The van der Waals surface area contributed by atoms with Crippen molar-refractivity contribution in [2.75, 3.05) is 11.4 Å². The van der Waals surface area contributed by atoms with Gasteiger partial charge in [0.1, 0.15) is 0 Å². The zero-order valence-electron chi connectivity index (χ0n) is 20.1. The molecule has 0 bridgehead atoms. The van der Waals surface area contributed by atoms with Crippen LogP contribution in [0.5, 0.6) is 0 Å². The van der Waals surface area contributed by atoms with Crippen molar-refractivity contribution in [2.24, 2.45) is 0 Å². The molecular formula is C30H29N3O2. The number of imide groups is 1. The van der Waals surface area contributed by atoms with Crippen molar-refractivity contribution in [1.29, 1.82) is 0 Å². The summed E-state index contributed by atoms with van der Waals surface area (Å²) in [5.41, 5.74) is 6.52. The van der Waals surface area contributed by atoms with E-state index in [2.05, 4.69) is 66.2 Å². The van der Waals surface area contributed by atoms with Crippen LogP contribution in [-0.2, 0) is 16.0 Å². The van der Waals surface area contributed by atoms with Gasteiger partial charge >= 0.3 is 0 Å². The number of anilines is 1. The van der Waals surface area contributed by atoms with E-state index < -0.39 is 6.04 Å². The molecule has 3 atom stereocenters. The molecule has 1 saturated heterocycles. The predicted octanol–water partition coefficient (Wildman–Crippen LogP) is 5.57. The van der Waals surface area contributed by atoms with Crippen LogP contribution in [0.4, 0.5) is 5.69 Å². The van der Waals surface area contributed by atoms with Crippen molar-refractivity contribution in [1.82, 2.24) is 9.88 Å². The average molecular weight is 464 g/mol. The highest BCUT2D eigenvalue weighted by molar-refractivity contribution is 6.22. The fourth-order valence-corrected chi connectivity index (χ4v) is 6.03. The second kappa shape index (κ2) is 8.51. The highest BCUT2D eigenvalue weighted by Crippen LogP contribution is 2.45. The van der Waals surface area contributed by atoms with E-state index in [-0.39, 0.29) is 30.2 Å². The maximum absolute atomic E-state index is 13.8. The zero-order valence-corrected chi connectivity index (χ0v) is 20.1. The minimum absolute atomic E-state index is 0.0134. The first-order valence-electron chi connectivity index (χ1n) is 12.4. The van der Waals surface area contributed by atoms with Crippen LogP contribution in [0.25, 0.3) is 10.9 Å². The molecule has 3 unspecified atom stereocenters. The number of carbonyl (C=O) groups excluding carboxylic acids is 2. The van der Waals surface area contributed by atoms with Gasteiger partial charge in [0.15, 0.2) is 0 Å². The molecule has 3 aromatic carbocycles. The number of para-hydroxylation sites is 2. The van der Waals surface area contributed by atoms with Gasteiger partial charge in [-0.1, -0.05) is 73.7 Å². The van der Waals surface area contributed by atoms with Crippen molar-refractivity contribution < 1.29 is 9.59 Å². The summed E-state index contributed by atoms with van der Waals surface area (Å²) in [4.78, 5) is 34.4. The Hall–Kier alpha value is -3.70. The molecule has 1 aromatic heterocycles. The second-order valence-electron chi connectivity index (χ2n) is 9.60. The van der Waals surface area contributed by atoms with E-state index in [1.807, 2.05) is 36.4 Å². The number of aromatic amines is 1. The normalized spacial score (nSPS) is 22.7. The Morgan fingerprint density at radius 1 is 0.914 bits per heavy atom. The van der Waals surface area contributed by atoms with Gasteiger partial charge in [-0.15, -0.1) is 0 Å². The number of nitrogens with zero attached hydrogens (tertiary/aromatic N) is 2. The Balaban J connectivity index is 1.43. The SMILES string of the molecule is CCc1ccccc1N1C(=O)CC(N2CC(c3ccccc3)c3c([nH]c4ccccc34)C2C)C1=O. The maximum atomic E-state index is 13.8. The third-order valence-corrected chi connectivity index (χ3v) is 7.77. The lowest BCUT2D eigenvalue weighted by molar-refractivity contribution is -0.123. The van der Waals surface area contributed by atoms with E-state index in [1.165, 1.54) is 21.4 Å². The lowest BCUT2D eigenvalue weighted by Crippen LogP contribution is -2.47. The molecule has 35 heavy (non-hydrogen) atoms. The number of amides is 2. The highest BCUT2D eigenvalue weighted by Gasteiger charge is 2.47. The molecule has 4 aromatic rings. The molecule has 0 spiro atoms. The molecule has 3 heterocycles. The fourth-order valence-electron chi connectivity index (χ4n) is 6.03. The molecule has 0 radical (unpaired) electrons. The monoisotopic (exact) mass is 463 g/mol. The Morgan fingerprint density at radius 2 is 1.63 bits per heavy atom. The molecule has 5 nitrogen and oxygen atoms in total. The summed E-state index contributed by atoms with van der Waals surface area (Å²) >= 11 is 0. The van der Waals surface area contributed by atoms with Gasteiger partial charge in [-0.05, 0) is 42.2 Å². The Kier molecular flexibility index (Phi) is 5.30. The fraction of sp³-hybridized carbons (Fsp3) is 0.267. The van der Waals surface area contributed by atoms with E-state index >= 15 is 0 Å². The second-order valence-corrected chi connectivity index (χ2v) is 9.60. The number of fused-ring (bicyclic) bond motifs is 3. The topological polar surface area (TPSA) is 56.4 Å². The Morgan fingerprint density at radius 3 is 2.43 bits per heavy atom. The molecular weight excluding hydrogens is 434 g/mol. The van der Waals surface area contributed by atoms with Crippen LogP contribution < -0.4 is 4.90 Å². The van der Waals surface area contributed by atoms with Crippen molar-refractivity contribution >= 4 is 28.4 Å². The first-order valence-corrected chi connectivity index (χ1v) is 12.4. The van der Waals surface area contributed by atoms with Gasteiger partial charge in [0.05, 0.1) is 18.2 Å². The Labute approximate surface area is 205 Å². The number of aromatic nitrogens is 1. The molecule has 2 aliphatic heterocycles. The number of nitrogens with one attached hydrogen (secondary N) is 1. The van der Waals surface area contributed by atoms with E-state index in [0.717, 1.165) is 28.9 Å². The van der Waals surface area contributed by atoms with Crippen LogP contribution in [-0.4, -0.2) is 34.3 Å². The molecule has 0 saturated carbocycles. The van der Waals surface area contributed by atoms with Gasteiger partial charge in [-0.25, -0.2) is 4.90 Å². The molecule has 1 fully saturated rings. The summed E-state index contributed by atoms with van der Waals surface area (Å²) in [6.07, 6.45) is 0.977. The third kappa shape index (κ3) is 3.41. The minimum Gasteiger partial charge on any atom is -0.357 e. The van der Waals surface area contributed by atoms with Gasteiger partial charge in [-0.3, -0.25) is 14.5 Å². The van der Waals surface area contributed by atoms with Gasteiger partial charge in [0, 0.05) is 35.1 Å². The van der Waals surface area contributed by atoms with E-state index in [9.17, 15) is 9.59 Å². The van der Waals surface area contributed by atoms with Crippen molar-refractivity contribution in [3.05, 3.63) is 101 Å². The predicted molar refractivity (Wildman–Crippen MR) is 138 cm³/mol. The van der Waals surface area contributed by atoms with Crippen LogP contribution in [0.15, 0.2) is 78.9 Å². The maximum Gasteiger partial charge on any atom is 0.251 e. The lowest BCUT2D eigenvalue weighted by atomic mass is 9.83. The summed E-state index contributed by atoms with van der Waals surface area (Å²) in [5, 5.41) is 1.23. The van der Waals surface area contributed by atoms with E-state index in [4.69, 9.17) is 0 Å². The van der Waals surface area contributed by atoms with Crippen molar-refractivity contribution in [2.45, 2.75) is 44.7 Å². The van der Waals surface area contributed by atoms with Crippen LogP contribution in [0.3, 0.4) is 0 Å². The number of aryl methyl sites for hydroxylation is 1. The summed E-state index contributed by atoms with van der Waals surface area (Å²) in [6.45, 7) is 4.89. The van der Waals surface area contributed by atoms with Crippen molar-refractivity contribution in [3.63, 3.8) is 0 Å². The van der Waals surface area contributed by atoms with Crippen molar-refractivity contribution in [3.8, 4) is 0 Å². The number of H-pyrrole nitrogens is 1. The van der Waals surface area contributed by atoms with Gasteiger partial charge in [0.2, 0.25) is 5.91 Å². The number of benzene rings is 3. The highest BCUT2D eigenvalue weighted by atomic mass is 16.2. The van der Waals surface area contributed by atoms with Gasteiger partial charge in [-0.2, -0.15) is 0 Å². The molecule has 2 aliphatic rings. The molecule has 0 aliphatic carbocycles. The number of hydrogen-bond acceptors (Lipinski definition) is 3. The number of hydrogen-bond donors (Lipinski definition) is 1. The van der Waals surface area contributed by atoms with E-state index in [1.54, 1.807) is 0 Å². The summed E-state index contributed by atoms with van der Waals surface area (Å²) in [5.74, 6) is -0.126. The lowest BCUT2D eigenvalue weighted by Gasteiger charge is -2.41. The molecule has 176 valence electrons. The van der Waals surface area contributed by atoms with Crippen LogP contribution in [0.1, 0.15) is 54.6 Å². The molecule has 6 rings (SSSR count). The average Bonchev–Trinajstić information content (AvgIpc) is 3.42. The molecule has 1 N–H and O–H groups in total. The van der Waals surface area contributed by atoms with E-state index in [0.29, 0.717) is 6.54 Å². The quantitative estimate of drug-likeness (QED) is 0.403. The first-order chi connectivity index (χ1) is 17.1. The largest absolute Gasteiger partial charge is 0.357 e. The van der Waals surface area contributed by atoms with Gasteiger partial charge in [0.25, 0.3) is 5.91 Å². The number of carbonyl (C=O) groups is 2. The zero-order chi connectivity index (χ0) is 24.1. The number of rotatable bonds is 4. The summed E-state index contributed by atoms with van der Waals surface area (Å²) in [6, 6.07) is 26.2. The standard InChI is InChI=1S/C30H29N3O2/c1-3-20-11-7-10-16-25(20)33-27(34)17-26(30(33)35)32-18-23(21-12-5-4-6-13-21)28-22-14-8-9-15-24(22)31-29(28)19(32)2/h4-16,19,23,26,31H,3,17-18H2,1-2H3. The molecule has 2 amide bonds. The summed E-state index contributed by atoms with van der Waals surface area (Å²) < 4.78 is 0. The third-order valence-electron chi connectivity index (χ3n) is 7.77.